The predicted octanol–water partition coefficient (Wildman–Crippen LogP) is 2.50. The van der Waals surface area contributed by atoms with Crippen LogP contribution in [0.25, 0.3) is 0 Å². The first-order valence-corrected chi connectivity index (χ1v) is 9.83. The van der Waals surface area contributed by atoms with Crippen LogP contribution in [0.15, 0.2) is 24.3 Å². The van der Waals surface area contributed by atoms with E-state index in [1.165, 1.54) is 4.31 Å². The average molecular weight is 359 g/mol. The molecule has 1 unspecified atom stereocenters. The standard InChI is InChI=1S/C16H23ClN2O3S/c1-3-11-23(21,22)19-10-4-5-15(19)16(20)18(2)12-13-6-8-14(17)9-7-13/h6-9,15H,3-5,10-12H2,1-2H3. The van der Waals surface area contributed by atoms with Gasteiger partial charge in [0.25, 0.3) is 0 Å². The second-order valence-corrected chi connectivity index (χ2v) is 8.38. The molecule has 0 N–H and O–H groups in total. The summed E-state index contributed by atoms with van der Waals surface area (Å²) in [6, 6.07) is 6.73. The van der Waals surface area contributed by atoms with E-state index < -0.39 is 16.1 Å². The molecule has 0 bridgehead atoms. The molecule has 1 amide bonds. The molecule has 128 valence electrons. The van der Waals surface area contributed by atoms with Crippen molar-refractivity contribution in [2.75, 3.05) is 19.3 Å². The largest absolute Gasteiger partial charge is 0.340 e. The molecule has 1 atom stereocenters. The third-order valence-corrected chi connectivity index (χ3v) is 6.35. The Bertz CT molecular complexity index is 646. The smallest absolute Gasteiger partial charge is 0.241 e. The molecule has 0 saturated carbocycles. The highest BCUT2D eigenvalue weighted by Gasteiger charge is 2.39. The molecule has 1 heterocycles. The van der Waals surface area contributed by atoms with Crippen molar-refractivity contribution in [3.05, 3.63) is 34.9 Å². The molecule has 1 fully saturated rings. The summed E-state index contributed by atoms with van der Waals surface area (Å²) in [5.41, 5.74) is 0.964. The minimum Gasteiger partial charge on any atom is -0.340 e. The number of sulfonamides is 1. The maximum Gasteiger partial charge on any atom is 0.241 e. The van der Waals surface area contributed by atoms with E-state index in [9.17, 15) is 13.2 Å². The van der Waals surface area contributed by atoms with Crippen LogP contribution in [0.2, 0.25) is 5.02 Å². The molecule has 1 saturated heterocycles. The summed E-state index contributed by atoms with van der Waals surface area (Å²) in [5, 5.41) is 0.648. The SMILES string of the molecule is CCCS(=O)(=O)N1CCCC1C(=O)N(C)Cc1ccc(Cl)cc1. The minimum absolute atomic E-state index is 0.0949. The summed E-state index contributed by atoms with van der Waals surface area (Å²) in [6.45, 7) is 2.71. The Morgan fingerprint density at radius 2 is 2.00 bits per heavy atom. The lowest BCUT2D eigenvalue weighted by Gasteiger charge is -2.27. The fourth-order valence-electron chi connectivity index (χ4n) is 2.89. The van der Waals surface area contributed by atoms with Crippen molar-refractivity contribution in [3.8, 4) is 0 Å². The summed E-state index contributed by atoms with van der Waals surface area (Å²) in [7, 11) is -1.64. The maximum absolute atomic E-state index is 12.7. The second-order valence-electron chi connectivity index (χ2n) is 5.91. The normalized spacial score (nSPS) is 19.0. The lowest BCUT2D eigenvalue weighted by molar-refractivity contribution is -0.133. The minimum atomic E-state index is -3.35. The number of halogens is 1. The zero-order valence-electron chi connectivity index (χ0n) is 13.5. The first kappa shape index (κ1) is 18.2. The quantitative estimate of drug-likeness (QED) is 0.785. The van der Waals surface area contributed by atoms with Gasteiger partial charge in [0.15, 0.2) is 0 Å². The van der Waals surface area contributed by atoms with Gasteiger partial charge >= 0.3 is 0 Å². The lowest BCUT2D eigenvalue weighted by Crippen LogP contribution is -2.46. The molecule has 7 heteroatoms. The Balaban J connectivity index is 2.07. The van der Waals surface area contributed by atoms with Crippen LogP contribution >= 0.6 is 11.6 Å². The molecule has 0 aromatic heterocycles. The number of rotatable bonds is 6. The zero-order valence-corrected chi connectivity index (χ0v) is 15.1. The number of benzene rings is 1. The van der Waals surface area contributed by atoms with Crippen molar-refractivity contribution in [3.63, 3.8) is 0 Å². The van der Waals surface area contributed by atoms with Gasteiger partial charge in [0, 0.05) is 25.2 Å². The number of nitrogens with zero attached hydrogens (tertiary/aromatic N) is 2. The van der Waals surface area contributed by atoms with Crippen molar-refractivity contribution in [2.45, 2.75) is 38.8 Å². The first-order valence-electron chi connectivity index (χ1n) is 7.84. The number of carbonyl (C=O) groups excluding carboxylic acids is 1. The van der Waals surface area contributed by atoms with Gasteiger partial charge in [-0.2, -0.15) is 4.31 Å². The molecule has 1 aromatic rings. The van der Waals surface area contributed by atoms with E-state index in [1.807, 2.05) is 19.1 Å². The topological polar surface area (TPSA) is 57.7 Å². The molecule has 0 radical (unpaired) electrons. The fraction of sp³-hybridized carbons (Fsp3) is 0.562. The summed E-state index contributed by atoms with van der Waals surface area (Å²) in [4.78, 5) is 14.3. The van der Waals surface area contributed by atoms with Crippen LogP contribution in [0.5, 0.6) is 0 Å². The predicted molar refractivity (Wildman–Crippen MR) is 91.7 cm³/mol. The first-order chi connectivity index (χ1) is 10.8. The van der Waals surface area contributed by atoms with Gasteiger partial charge in [-0.15, -0.1) is 0 Å². The molecule has 1 aliphatic heterocycles. The third kappa shape index (κ3) is 4.46. The molecular weight excluding hydrogens is 336 g/mol. The third-order valence-electron chi connectivity index (χ3n) is 4.02. The molecule has 0 spiro atoms. The molecule has 1 aliphatic rings. The van der Waals surface area contributed by atoms with Crippen molar-refractivity contribution >= 4 is 27.5 Å². The Morgan fingerprint density at radius 1 is 1.35 bits per heavy atom. The van der Waals surface area contributed by atoms with Crippen LogP contribution in [0.4, 0.5) is 0 Å². The van der Waals surface area contributed by atoms with Gasteiger partial charge in [0.05, 0.1) is 5.75 Å². The van der Waals surface area contributed by atoms with Gasteiger partial charge in [-0.1, -0.05) is 30.7 Å². The number of likely N-dealkylation sites (N-methyl/N-ethyl adjacent to an activating group) is 1. The van der Waals surface area contributed by atoms with Gasteiger partial charge in [0.1, 0.15) is 6.04 Å². The van der Waals surface area contributed by atoms with E-state index in [0.29, 0.717) is 31.0 Å². The second kappa shape index (κ2) is 7.64. The summed E-state index contributed by atoms with van der Waals surface area (Å²) in [6.07, 6.45) is 1.88. The van der Waals surface area contributed by atoms with E-state index in [1.54, 1.807) is 24.1 Å². The maximum atomic E-state index is 12.7. The molecule has 5 nitrogen and oxygen atoms in total. The van der Waals surface area contributed by atoms with Crippen LogP contribution in [-0.4, -0.2) is 48.9 Å². The highest BCUT2D eigenvalue weighted by molar-refractivity contribution is 7.89. The Labute approximate surface area is 143 Å². The molecular formula is C16H23ClN2O3S. The lowest BCUT2D eigenvalue weighted by atomic mass is 10.1. The van der Waals surface area contributed by atoms with Crippen LogP contribution in [0.1, 0.15) is 31.7 Å². The van der Waals surface area contributed by atoms with Crippen molar-refractivity contribution in [2.24, 2.45) is 0 Å². The van der Waals surface area contributed by atoms with E-state index in [-0.39, 0.29) is 11.7 Å². The highest BCUT2D eigenvalue weighted by atomic mass is 35.5. The average Bonchev–Trinajstić information content (AvgIpc) is 2.99. The van der Waals surface area contributed by atoms with Crippen LogP contribution in [-0.2, 0) is 21.4 Å². The monoisotopic (exact) mass is 358 g/mol. The molecule has 0 aliphatic carbocycles. The van der Waals surface area contributed by atoms with Crippen molar-refractivity contribution in [1.29, 1.82) is 0 Å². The van der Waals surface area contributed by atoms with Gasteiger partial charge in [-0.05, 0) is 37.0 Å². The van der Waals surface area contributed by atoms with Gasteiger partial charge in [-0.25, -0.2) is 8.42 Å². The Kier molecular flexibility index (Phi) is 6.06. The van der Waals surface area contributed by atoms with E-state index >= 15 is 0 Å². The molecule has 1 aromatic carbocycles. The molecule has 23 heavy (non-hydrogen) atoms. The van der Waals surface area contributed by atoms with E-state index in [4.69, 9.17) is 11.6 Å². The summed E-state index contributed by atoms with van der Waals surface area (Å²) in [5.74, 6) is -0.0466. The Morgan fingerprint density at radius 3 is 2.61 bits per heavy atom. The van der Waals surface area contributed by atoms with Gasteiger partial charge < -0.3 is 4.90 Å². The number of amides is 1. The number of carbonyl (C=O) groups is 1. The number of hydrogen-bond donors (Lipinski definition) is 0. The summed E-state index contributed by atoms with van der Waals surface area (Å²) >= 11 is 5.86. The van der Waals surface area contributed by atoms with Crippen molar-refractivity contribution in [1.82, 2.24) is 9.21 Å². The van der Waals surface area contributed by atoms with Crippen LogP contribution in [0.3, 0.4) is 0 Å². The van der Waals surface area contributed by atoms with Crippen molar-refractivity contribution < 1.29 is 13.2 Å². The number of hydrogen-bond acceptors (Lipinski definition) is 3. The Hall–Kier alpha value is -1.11. The molecule has 2 rings (SSSR count). The zero-order chi connectivity index (χ0) is 17.0. The van der Waals surface area contributed by atoms with Crippen LogP contribution < -0.4 is 0 Å². The van der Waals surface area contributed by atoms with Gasteiger partial charge in [0.2, 0.25) is 15.9 Å². The summed E-state index contributed by atoms with van der Waals surface area (Å²) < 4.78 is 26.0. The van der Waals surface area contributed by atoms with Crippen LogP contribution in [0, 0.1) is 0 Å². The highest BCUT2D eigenvalue weighted by Crippen LogP contribution is 2.24. The van der Waals surface area contributed by atoms with E-state index in [2.05, 4.69) is 0 Å². The van der Waals surface area contributed by atoms with Gasteiger partial charge in [-0.3, -0.25) is 4.79 Å². The van der Waals surface area contributed by atoms with E-state index in [0.717, 1.165) is 12.0 Å². The fourth-order valence-corrected chi connectivity index (χ4v) is 4.76.